The highest BCUT2D eigenvalue weighted by Crippen LogP contribution is 2.22. The smallest absolute Gasteiger partial charge is 0.326 e. The van der Waals surface area contributed by atoms with Gasteiger partial charge in [-0.25, -0.2) is 4.79 Å². The number of hydrogen-bond acceptors (Lipinski definition) is 29. The summed E-state index contributed by atoms with van der Waals surface area (Å²) in [4.78, 5) is 325. The van der Waals surface area contributed by atoms with E-state index in [2.05, 4.69) is 108 Å². The molecular weight excluding hydrogens is 1900 g/mol. The van der Waals surface area contributed by atoms with Gasteiger partial charge in [0.25, 0.3) is 0 Å². The van der Waals surface area contributed by atoms with Gasteiger partial charge >= 0.3 is 17.9 Å². The quantitative estimate of drug-likeness (QED) is 0.0199. The van der Waals surface area contributed by atoms with Crippen LogP contribution in [0.25, 0.3) is 0 Å². The Morgan fingerprint density at radius 2 is 0.739 bits per heavy atom. The molecule has 0 saturated carbocycles. The Labute approximate surface area is 836 Å². The molecule has 51 nitrogen and oxygen atoms in total. The van der Waals surface area contributed by atoms with Crippen molar-refractivity contribution in [3.63, 3.8) is 0 Å². The molecule has 1 aliphatic rings. The van der Waals surface area contributed by atoms with Gasteiger partial charge in [0.2, 0.25) is 124 Å². The van der Waals surface area contributed by atoms with E-state index in [0.29, 0.717) is 38.6 Å². The number of carbonyl (C=O) groups excluding carboxylic acids is 21. The highest BCUT2D eigenvalue weighted by molar-refractivity contribution is 7.98. The van der Waals surface area contributed by atoms with Crippen LogP contribution in [0.15, 0.2) is 0 Å². The third kappa shape index (κ3) is 47.6. The lowest BCUT2D eigenvalue weighted by Crippen LogP contribution is -2.62. The molecule has 0 aromatic heterocycles. The number of nitrogens with two attached hydrogens (primary N) is 5. The molecule has 0 unspecified atom stereocenters. The lowest BCUT2D eigenvalue weighted by molar-refractivity contribution is -0.142. The highest BCUT2D eigenvalue weighted by atomic mass is 32.2. The highest BCUT2D eigenvalue weighted by Gasteiger charge is 2.43. The average Bonchev–Trinajstić information content (AvgIpc) is 1.62. The lowest BCUT2D eigenvalue weighted by atomic mass is 9.96. The van der Waals surface area contributed by atoms with Gasteiger partial charge in [0.1, 0.15) is 96.7 Å². The van der Waals surface area contributed by atoms with E-state index in [1.807, 2.05) is 0 Å². The molecule has 142 heavy (non-hydrogen) atoms. The normalized spacial score (nSPS) is 16.3. The number of nitrogens with one attached hydrogen (secondary N) is 18. The number of aliphatic carboxylic acids is 3. The van der Waals surface area contributed by atoms with Crippen molar-refractivity contribution in [1.29, 1.82) is 0 Å². The SMILES string of the molecule is CC[C@H](C)[C@H](NC(=O)[C@H](C)NC(=O)[C@@H](N)CCC(N)=O)C(=O)N[C@H](C(=O)NCC(=O)N[C@@H](CC(=O)O)C(=O)N[C@H](C(=O)N[C@@H](CC(N)=O)C(=O)N[C@H](C(=O)N[C@@H](C)C(=O)N[C@@H](CS)C(=O)N1CCC[C@H]1C(=O)NCC(=O)N[C@@H](CCSC)C(=O)N[C@@H](CC(C)C)C(=O)N[C@@H](CC(=O)O)C(=O)N[C@@H](CC(C)C)C(=O)N[C@@H](CCCCN)C(=O)NCC(=O)N[C@@H](CCCCN)C(=O)O)[C@@H](C)CC)[C@@H](C)CC)C(C)C. The van der Waals surface area contributed by atoms with E-state index < -0.39 is 307 Å². The molecule has 1 heterocycles. The van der Waals surface area contributed by atoms with Gasteiger partial charge < -0.3 is 145 Å². The molecule has 0 aromatic carbocycles. The molecule has 804 valence electrons. The fourth-order valence-electron chi connectivity index (χ4n) is 14.4. The molecule has 21 amide bonds. The van der Waals surface area contributed by atoms with E-state index in [-0.39, 0.29) is 107 Å². The van der Waals surface area contributed by atoms with Crippen LogP contribution in [0, 0.1) is 35.5 Å². The van der Waals surface area contributed by atoms with Crippen molar-refractivity contribution in [2.75, 3.05) is 57.0 Å². The standard InChI is InChI=1S/C89H154N24O27S2/c1-16-46(10)70(111-81(131)57(36-63(94)115)107-86(136)71(47(11)17-2)112-82(132)58(37-67(119)120)102-66(118)41-97-84(134)69(45(8)9)109-87(137)72(48(12)18-3)110-74(124)50(14)98-75(125)51(92)27-28-62(93)114)85(135)99-49(13)73(123)108-60(42-141)88(138)113-32-23-26-61(113)83(133)96-40-64(116)100-53(29-33-142-15)77(127)104-56(35-44(6)7)79(129)106-59(38-68(121)122)80(130)105-55(34-43(4)5)78(128)103-52(24-19-21-30-90)76(126)95-39-65(117)101-54(89(139)140)25-20-22-31-91/h43-61,69-72,141H,16-42,90-92H2,1-15H3,(H2,93,114)(H2,94,115)(H,95,126)(H,96,133)(H,97,134)(H,98,125)(H,99,135)(H,100,116)(H,101,117)(H,102,118)(H,103,128)(H,104,127)(H,105,130)(H,106,129)(H,107,136)(H,108,123)(H,109,137)(H,110,124)(H,111,131)(H,112,132)(H,119,120)(H,121,122)(H,139,140)/t46-,47-,48-,49-,50-,51-,52-,53-,54-,55-,56-,57-,58-,59-,60-,61-,69-,70-,71-,72-/m0/s1. The summed E-state index contributed by atoms with van der Waals surface area (Å²) in [6.07, 6.45) is 0.786. The Morgan fingerprint density at radius 3 is 1.18 bits per heavy atom. The largest absolute Gasteiger partial charge is 0.481 e. The number of rotatable bonds is 70. The van der Waals surface area contributed by atoms with Gasteiger partial charge in [0, 0.05) is 18.7 Å². The molecule has 1 fully saturated rings. The van der Waals surface area contributed by atoms with E-state index in [4.69, 9.17) is 28.7 Å². The summed E-state index contributed by atoms with van der Waals surface area (Å²) in [7, 11) is 0. The second-order valence-electron chi connectivity index (χ2n) is 36.5. The number of amides is 21. The van der Waals surface area contributed by atoms with Crippen LogP contribution >= 0.6 is 24.4 Å². The van der Waals surface area contributed by atoms with Crippen molar-refractivity contribution in [2.24, 2.45) is 64.2 Å². The molecule has 31 N–H and O–H groups in total. The Morgan fingerprint density at radius 1 is 0.380 bits per heavy atom. The van der Waals surface area contributed by atoms with Gasteiger partial charge in [-0.2, -0.15) is 24.4 Å². The molecule has 0 aliphatic carbocycles. The van der Waals surface area contributed by atoms with Crippen molar-refractivity contribution >= 4 is 166 Å². The number of likely N-dealkylation sites (tertiary alicyclic amines) is 1. The molecule has 0 radical (unpaired) electrons. The van der Waals surface area contributed by atoms with Crippen LogP contribution in [-0.2, 0) is 115 Å². The minimum absolute atomic E-state index is 0.00475. The van der Waals surface area contributed by atoms with Crippen molar-refractivity contribution in [3.8, 4) is 0 Å². The summed E-state index contributed by atoms with van der Waals surface area (Å²) in [5.41, 5.74) is 27.8. The lowest BCUT2D eigenvalue weighted by Gasteiger charge is -2.30. The predicted molar refractivity (Wildman–Crippen MR) is 521 cm³/mol. The van der Waals surface area contributed by atoms with Gasteiger partial charge in [0.15, 0.2) is 0 Å². The van der Waals surface area contributed by atoms with Crippen LogP contribution < -0.4 is 124 Å². The molecule has 1 saturated heterocycles. The van der Waals surface area contributed by atoms with E-state index in [1.54, 1.807) is 75.5 Å². The summed E-state index contributed by atoms with van der Waals surface area (Å²) in [6.45, 7) is 20.2. The summed E-state index contributed by atoms with van der Waals surface area (Å²) >= 11 is 5.59. The van der Waals surface area contributed by atoms with Gasteiger partial charge in [-0.15, -0.1) is 0 Å². The Kier molecular flexibility index (Phi) is 60.0. The van der Waals surface area contributed by atoms with Crippen molar-refractivity contribution in [1.82, 2.24) is 101 Å². The zero-order valence-corrected chi connectivity index (χ0v) is 85.4. The molecule has 1 rings (SSSR count). The fourth-order valence-corrected chi connectivity index (χ4v) is 15.1. The first kappa shape index (κ1) is 128. The zero-order valence-electron chi connectivity index (χ0n) is 83.7. The Bertz CT molecular complexity index is 4310. The van der Waals surface area contributed by atoms with E-state index in [0.717, 1.165) is 4.90 Å². The van der Waals surface area contributed by atoms with Crippen molar-refractivity contribution < 1.29 is 130 Å². The summed E-state index contributed by atoms with van der Waals surface area (Å²) < 4.78 is 0. The summed E-state index contributed by atoms with van der Waals surface area (Å²) in [5.74, 6) is -28.2. The maximum Gasteiger partial charge on any atom is 0.326 e. The molecule has 0 spiro atoms. The first-order valence-corrected chi connectivity index (χ1v) is 49.7. The topological polar surface area (TPSA) is 820 Å². The minimum Gasteiger partial charge on any atom is -0.481 e. The molecule has 53 heteroatoms. The monoisotopic (exact) mass is 2060 g/mol. The van der Waals surface area contributed by atoms with Gasteiger partial charge in [-0.05, 0) is 152 Å². The molecular formula is C89H154N24O27S2. The van der Waals surface area contributed by atoms with Gasteiger partial charge in [-0.1, -0.05) is 102 Å². The van der Waals surface area contributed by atoms with Crippen LogP contribution in [-0.4, -0.2) is 322 Å². The molecule has 1 aliphatic heterocycles. The van der Waals surface area contributed by atoms with Crippen molar-refractivity contribution in [2.45, 2.75) is 322 Å². The van der Waals surface area contributed by atoms with E-state index in [1.165, 1.54) is 39.5 Å². The summed E-state index contributed by atoms with van der Waals surface area (Å²) in [6, 6.07) is -25.1. The van der Waals surface area contributed by atoms with Crippen LogP contribution in [0.2, 0.25) is 0 Å². The number of nitrogens with zero attached hydrogens (tertiary/aromatic N) is 1. The number of carbonyl (C=O) groups is 24. The number of hydrogen-bond donors (Lipinski definition) is 27. The van der Waals surface area contributed by atoms with E-state index in [9.17, 15) is 130 Å². The summed E-state index contributed by atoms with van der Waals surface area (Å²) in [5, 5.41) is 73.6. The maximum absolute atomic E-state index is 14.3. The number of thioether (sulfide) groups is 1. The average molecular weight is 2060 g/mol. The number of carboxylic acid groups (broad SMARTS) is 3. The maximum atomic E-state index is 14.3. The number of carboxylic acids is 3. The molecule has 20 atom stereocenters. The van der Waals surface area contributed by atoms with E-state index >= 15 is 0 Å². The van der Waals surface area contributed by atoms with Gasteiger partial charge in [-0.3, -0.25) is 110 Å². The first-order chi connectivity index (χ1) is 66.6. The van der Waals surface area contributed by atoms with Crippen LogP contribution in [0.5, 0.6) is 0 Å². The third-order valence-corrected chi connectivity index (χ3v) is 24.3. The Hall–Kier alpha value is -12.1. The minimum atomic E-state index is -1.95. The Balaban J connectivity index is 3.34. The second kappa shape index (κ2) is 66.6. The number of unbranched alkanes of at least 4 members (excludes halogenated alkanes) is 2. The van der Waals surface area contributed by atoms with Crippen LogP contribution in [0.4, 0.5) is 0 Å². The fraction of sp³-hybridized carbons (Fsp3) is 0.730. The first-order valence-electron chi connectivity index (χ1n) is 47.7. The van der Waals surface area contributed by atoms with Crippen LogP contribution in [0.1, 0.15) is 219 Å². The second-order valence-corrected chi connectivity index (χ2v) is 37.8. The number of primary amides is 2. The zero-order chi connectivity index (χ0) is 108. The third-order valence-electron chi connectivity index (χ3n) is 23.3. The molecule has 0 aromatic rings. The van der Waals surface area contributed by atoms with Crippen LogP contribution in [0.3, 0.4) is 0 Å². The molecule has 0 bridgehead atoms. The predicted octanol–water partition coefficient (Wildman–Crippen LogP) is -7.03. The van der Waals surface area contributed by atoms with Gasteiger partial charge in [0.05, 0.1) is 44.9 Å². The number of thiol groups is 1. The van der Waals surface area contributed by atoms with Crippen molar-refractivity contribution in [3.05, 3.63) is 0 Å².